The number of hydrazine groups is 1. The largest absolute Gasteiger partial charge is 0.299 e. The lowest BCUT2D eigenvalue weighted by Gasteiger charge is -2.06. The fourth-order valence-electron chi connectivity index (χ4n) is 2.31. The number of nitrogens with zero attached hydrogens (tertiary/aromatic N) is 1. The highest BCUT2D eigenvalue weighted by Crippen LogP contribution is 2.11. The van der Waals surface area contributed by atoms with Crippen LogP contribution in [0.3, 0.4) is 0 Å². The van der Waals surface area contributed by atoms with Gasteiger partial charge in [-0.05, 0) is 24.8 Å². The second kappa shape index (κ2) is 11.0. The van der Waals surface area contributed by atoms with Crippen LogP contribution >= 0.6 is 0 Å². The van der Waals surface area contributed by atoms with Crippen molar-refractivity contribution in [2.75, 3.05) is 6.54 Å². The molecule has 0 unspecified atom stereocenters. The van der Waals surface area contributed by atoms with E-state index in [-0.39, 0.29) is 0 Å². The molecule has 1 aromatic carbocycles. The summed E-state index contributed by atoms with van der Waals surface area (Å²) in [4.78, 5) is 0. The zero-order chi connectivity index (χ0) is 13.8. The summed E-state index contributed by atoms with van der Waals surface area (Å²) < 4.78 is 0. The third-order valence-electron chi connectivity index (χ3n) is 3.45. The van der Waals surface area contributed by atoms with Gasteiger partial charge < -0.3 is 0 Å². The van der Waals surface area contributed by atoms with E-state index in [9.17, 15) is 0 Å². The third-order valence-corrected chi connectivity index (χ3v) is 3.45. The summed E-state index contributed by atoms with van der Waals surface area (Å²) in [6.07, 6.45) is 11.2. The van der Waals surface area contributed by atoms with Crippen LogP contribution in [0.25, 0.3) is 0 Å². The normalized spacial score (nSPS) is 11.1. The molecule has 3 nitrogen and oxygen atoms in total. The number of nitrogens with two attached hydrogens (primary N) is 1. The van der Waals surface area contributed by atoms with Gasteiger partial charge in [-0.1, -0.05) is 68.9 Å². The average molecular weight is 264 g/mol. The van der Waals surface area contributed by atoms with Crippen molar-refractivity contribution in [1.82, 2.24) is 5.17 Å². The van der Waals surface area contributed by atoms with Gasteiger partial charge in [-0.25, -0.2) is 5.84 Å². The number of hydroxylamine groups is 1. The van der Waals surface area contributed by atoms with Gasteiger partial charge in [0.15, 0.2) is 0 Å². The van der Waals surface area contributed by atoms with Crippen LogP contribution in [0.1, 0.15) is 56.9 Å². The average Bonchev–Trinajstić information content (AvgIpc) is 2.42. The molecule has 0 spiro atoms. The fourth-order valence-corrected chi connectivity index (χ4v) is 2.31. The summed E-state index contributed by atoms with van der Waals surface area (Å²) in [5, 5.41) is 9.54. The summed E-state index contributed by atoms with van der Waals surface area (Å²) >= 11 is 0. The van der Waals surface area contributed by atoms with E-state index in [0.717, 1.165) is 18.0 Å². The van der Waals surface area contributed by atoms with Crippen LogP contribution in [0.2, 0.25) is 0 Å². The predicted octanol–water partition coefficient (Wildman–Crippen LogP) is 3.91. The molecular weight excluding hydrogens is 236 g/mol. The minimum absolute atomic E-state index is 0.580. The molecule has 0 amide bonds. The van der Waals surface area contributed by atoms with Crippen LogP contribution in [-0.2, 0) is 6.42 Å². The first kappa shape index (κ1) is 16.2. The summed E-state index contributed by atoms with van der Waals surface area (Å²) in [6, 6.07) is 10.7. The lowest BCUT2D eigenvalue weighted by Crippen LogP contribution is -2.27. The third kappa shape index (κ3) is 9.65. The van der Waals surface area contributed by atoms with Crippen molar-refractivity contribution in [2.24, 2.45) is 5.84 Å². The molecule has 1 aromatic rings. The summed E-state index contributed by atoms with van der Waals surface area (Å²) in [5.41, 5.74) is 1.46. The standard InChI is InChI=1S/C16H28N2O/c17-18(19)15-11-6-4-2-1-3-5-8-12-16-13-9-7-10-14-16/h7,9-10,13-14,19H,1-6,8,11-12,15,17H2. The van der Waals surface area contributed by atoms with E-state index in [1.807, 2.05) is 0 Å². The molecule has 0 bridgehead atoms. The Labute approximate surface area is 117 Å². The molecule has 3 N–H and O–H groups in total. The van der Waals surface area contributed by atoms with Crippen molar-refractivity contribution < 1.29 is 5.21 Å². The van der Waals surface area contributed by atoms with E-state index in [2.05, 4.69) is 30.3 Å². The molecule has 0 atom stereocenters. The van der Waals surface area contributed by atoms with Crippen LogP contribution < -0.4 is 5.84 Å². The van der Waals surface area contributed by atoms with E-state index >= 15 is 0 Å². The van der Waals surface area contributed by atoms with Crippen molar-refractivity contribution in [1.29, 1.82) is 0 Å². The molecule has 0 aliphatic heterocycles. The highest BCUT2D eigenvalue weighted by atomic mass is 16.5. The maximum Gasteiger partial charge on any atom is 0.0396 e. The van der Waals surface area contributed by atoms with Gasteiger partial charge in [-0.2, -0.15) is 0 Å². The summed E-state index contributed by atoms with van der Waals surface area (Å²) in [5.74, 6) is 5.13. The zero-order valence-electron chi connectivity index (χ0n) is 11.9. The van der Waals surface area contributed by atoms with Gasteiger partial charge >= 0.3 is 0 Å². The molecule has 0 fully saturated rings. The first-order valence-corrected chi connectivity index (χ1v) is 7.54. The van der Waals surface area contributed by atoms with Crippen LogP contribution in [0, 0.1) is 0 Å². The summed E-state index contributed by atoms with van der Waals surface area (Å²) in [6.45, 7) is 0.580. The van der Waals surface area contributed by atoms with Gasteiger partial charge in [-0.15, -0.1) is 5.17 Å². The van der Waals surface area contributed by atoms with E-state index in [4.69, 9.17) is 11.0 Å². The molecule has 1 rings (SSSR count). The lowest BCUT2D eigenvalue weighted by atomic mass is 10.0. The van der Waals surface area contributed by atoms with Gasteiger partial charge in [-0.3, -0.25) is 5.21 Å². The molecule has 0 heterocycles. The Hall–Kier alpha value is -0.900. The van der Waals surface area contributed by atoms with Crippen molar-refractivity contribution in [3.8, 4) is 0 Å². The maximum absolute atomic E-state index is 8.76. The van der Waals surface area contributed by atoms with Crippen molar-refractivity contribution >= 4 is 0 Å². The molecule has 0 aliphatic rings. The van der Waals surface area contributed by atoms with Gasteiger partial charge in [0, 0.05) is 6.54 Å². The van der Waals surface area contributed by atoms with Gasteiger partial charge in [0.1, 0.15) is 0 Å². The molecule has 3 heteroatoms. The Kier molecular flexibility index (Phi) is 9.33. The molecule has 0 saturated heterocycles. The Morgan fingerprint density at radius 3 is 1.89 bits per heavy atom. The molecular formula is C16H28N2O. The molecule has 19 heavy (non-hydrogen) atoms. The Morgan fingerprint density at radius 2 is 1.32 bits per heavy atom. The zero-order valence-corrected chi connectivity index (χ0v) is 11.9. The summed E-state index contributed by atoms with van der Waals surface area (Å²) in [7, 11) is 0. The lowest BCUT2D eigenvalue weighted by molar-refractivity contribution is -0.0939. The highest BCUT2D eigenvalue weighted by molar-refractivity contribution is 5.14. The van der Waals surface area contributed by atoms with Gasteiger partial charge in [0.25, 0.3) is 0 Å². The predicted molar refractivity (Wildman–Crippen MR) is 79.8 cm³/mol. The SMILES string of the molecule is NN(O)CCCCCCCCCCc1ccccc1. The molecule has 108 valence electrons. The van der Waals surface area contributed by atoms with E-state index in [0.29, 0.717) is 6.54 Å². The smallest absolute Gasteiger partial charge is 0.0396 e. The molecule has 0 aromatic heterocycles. The Morgan fingerprint density at radius 1 is 0.789 bits per heavy atom. The van der Waals surface area contributed by atoms with Crippen LogP contribution in [0.15, 0.2) is 30.3 Å². The second-order valence-corrected chi connectivity index (χ2v) is 5.23. The number of hydrogen-bond acceptors (Lipinski definition) is 3. The van der Waals surface area contributed by atoms with Crippen molar-refractivity contribution in [3.05, 3.63) is 35.9 Å². The van der Waals surface area contributed by atoms with Crippen LogP contribution in [-0.4, -0.2) is 16.9 Å². The maximum atomic E-state index is 8.76. The second-order valence-electron chi connectivity index (χ2n) is 5.23. The Bertz CT molecular complexity index is 301. The topological polar surface area (TPSA) is 49.5 Å². The quantitative estimate of drug-likeness (QED) is 0.362. The molecule has 0 radical (unpaired) electrons. The first-order valence-electron chi connectivity index (χ1n) is 7.54. The van der Waals surface area contributed by atoms with Gasteiger partial charge in [0.05, 0.1) is 0 Å². The van der Waals surface area contributed by atoms with E-state index in [1.165, 1.54) is 50.5 Å². The van der Waals surface area contributed by atoms with E-state index < -0.39 is 0 Å². The van der Waals surface area contributed by atoms with Crippen molar-refractivity contribution in [3.63, 3.8) is 0 Å². The Balaban J connectivity index is 1.81. The first-order chi connectivity index (χ1) is 9.29. The monoisotopic (exact) mass is 264 g/mol. The number of unbranched alkanes of at least 4 members (excludes halogenated alkanes) is 7. The van der Waals surface area contributed by atoms with Crippen LogP contribution in [0.5, 0.6) is 0 Å². The molecule has 0 aliphatic carbocycles. The minimum atomic E-state index is 0.580. The fraction of sp³-hybridized carbons (Fsp3) is 0.625. The van der Waals surface area contributed by atoms with Crippen molar-refractivity contribution in [2.45, 2.75) is 57.8 Å². The number of hydrogen-bond donors (Lipinski definition) is 2. The van der Waals surface area contributed by atoms with E-state index in [1.54, 1.807) is 0 Å². The number of rotatable bonds is 11. The minimum Gasteiger partial charge on any atom is -0.299 e. The van der Waals surface area contributed by atoms with Crippen LogP contribution in [0.4, 0.5) is 0 Å². The number of aryl methyl sites for hydroxylation is 1. The highest BCUT2D eigenvalue weighted by Gasteiger charge is 1.95. The van der Waals surface area contributed by atoms with Gasteiger partial charge in [0.2, 0.25) is 0 Å². The number of benzene rings is 1. The molecule has 0 saturated carbocycles.